The number of aromatic nitrogens is 2. The van der Waals surface area contributed by atoms with E-state index in [1.165, 1.54) is 18.5 Å². The van der Waals surface area contributed by atoms with E-state index < -0.39 is 0 Å². The highest BCUT2D eigenvalue weighted by Crippen LogP contribution is 2.33. The SMILES string of the molecule is CC(Nc1cncnc1)c1c(O)cccc1O. The molecule has 1 aromatic carbocycles. The van der Waals surface area contributed by atoms with Crippen LogP contribution in [-0.2, 0) is 0 Å². The molecule has 0 bridgehead atoms. The van der Waals surface area contributed by atoms with Crippen molar-refractivity contribution in [1.82, 2.24) is 9.97 Å². The number of nitrogens with zero attached hydrogens (tertiary/aromatic N) is 2. The Balaban J connectivity index is 2.23. The first kappa shape index (κ1) is 11.2. The Bertz CT molecular complexity index is 482. The van der Waals surface area contributed by atoms with E-state index in [2.05, 4.69) is 15.3 Å². The van der Waals surface area contributed by atoms with Crippen LogP contribution in [0.5, 0.6) is 11.5 Å². The summed E-state index contributed by atoms with van der Waals surface area (Å²) in [4.78, 5) is 7.76. The predicted molar refractivity (Wildman–Crippen MR) is 63.8 cm³/mol. The number of rotatable bonds is 3. The van der Waals surface area contributed by atoms with Crippen LogP contribution in [0.15, 0.2) is 36.9 Å². The third-order valence-corrected chi connectivity index (χ3v) is 2.44. The molecule has 1 atom stereocenters. The average Bonchev–Trinajstić information content (AvgIpc) is 2.30. The number of hydrogen-bond donors (Lipinski definition) is 3. The quantitative estimate of drug-likeness (QED) is 0.753. The standard InChI is InChI=1S/C12H13N3O2/c1-8(15-9-5-13-7-14-6-9)12-10(16)3-2-4-11(12)17/h2-8,15-17H,1H3. The van der Waals surface area contributed by atoms with Crippen LogP contribution in [0, 0.1) is 0 Å². The Labute approximate surface area is 98.8 Å². The molecular weight excluding hydrogens is 218 g/mol. The molecule has 1 heterocycles. The minimum absolute atomic E-state index is 0.0573. The highest BCUT2D eigenvalue weighted by molar-refractivity contribution is 5.49. The van der Waals surface area contributed by atoms with E-state index >= 15 is 0 Å². The van der Waals surface area contributed by atoms with Gasteiger partial charge in [0.1, 0.15) is 17.8 Å². The fraction of sp³-hybridized carbons (Fsp3) is 0.167. The van der Waals surface area contributed by atoms with Crippen molar-refractivity contribution in [3.05, 3.63) is 42.5 Å². The normalized spacial score (nSPS) is 12.1. The summed E-state index contributed by atoms with van der Waals surface area (Å²) in [6.07, 6.45) is 4.69. The van der Waals surface area contributed by atoms with Gasteiger partial charge in [0.2, 0.25) is 0 Å². The van der Waals surface area contributed by atoms with Gasteiger partial charge in [-0.15, -0.1) is 0 Å². The van der Waals surface area contributed by atoms with Crippen LogP contribution in [0.2, 0.25) is 0 Å². The molecule has 0 aliphatic carbocycles. The lowest BCUT2D eigenvalue weighted by molar-refractivity contribution is 0.434. The molecule has 0 saturated carbocycles. The summed E-state index contributed by atoms with van der Waals surface area (Å²) in [5.74, 6) is 0.115. The van der Waals surface area contributed by atoms with Crippen molar-refractivity contribution in [2.24, 2.45) is 0 Å². The molecule has 5 nitrogen and oxygen atoms in total. The van der Waals surface area contributed by atoms with Crippen LogP contribution in [0.4, 0.5) is 5.69 Å². The molecule has 2 aromatic rings. The van der Waals surface area contributed by atoms with E-state index in [9.17, 15) is 10.2 Å². The van der Waals surface area contributed by atoms with E-state index in [1.807, 2.05) is 6.92 Å². The number of phenolic OH excluding ortho intramolecular Hbond substituents is 2. The molecule has 0 radical (unpaired) electrons. The summed E-state index contributed by atoms with van der Waals surface area (Å²) in [7, 11) is 0. The Hall–Kier alpha value is -2.30. The van der Waals surface area contributed by atoms with Gasteiger partial charge in [-0.3, -0.25) is 0 Å². The van der Waals surface area contributed by atoms with Crippen LogP contribution in [-0.4, -0.2) is 20.2 Å². The topological polar surface area (TPSA) is 78.3 Å². The molecule has 2 rings (SSSR count). The number of benzene rings is 1. The third kappa shape index (κ3) is 2.44. The third-order valence-electron chi connectivity index (χ3n) is 2.44. The van der Waals surface area contributed by atoms with Crippen molar-refractivity contribution >= 4 is 5.69 Å². The molecule has 0 amide bonds. The first-order valence-electron chi connectivity index (χ1n) is 5.21. The summed E-state index contributed by atoms with van der Waals surface area (Å²) in [5, 5.41) is 22.5. The van der Waals surface area contributed by atoms with Crippen LogP contribution < -0.4 is 5.32 Å². The highest BCUT2D eigenvalue weighted by Gasteiger charge is 2.14. The molecule has 0 fully saturated rings. The summed E-state index contributed by atoms with van der Waals surface area (Å²) in [6, 6.07) is 4.41. The van der Waals surface area contributed by atoms with Gasteiger partial charge in [-0.2, -0.15) is 0 Å². The Morgan fingerprint density at radius 1 is 1.12 bits per heavy atom. The molecule has 3 N–H and O–H groups in total. The number of aromatic hydroxyl groups is 2. The van der Waals surface area contributed by atoms with E-state index in [0.29, 0.717) is 5.56 Å². The smallest absolute Gasteiger partial charge is 0.124 e. The monoisotopic (exact) mass is 231 g/mol. The van der Waals surface area contributed by atoms with Crippen molar-refractivity contribution in [3.63, 3.8) is 0 Å². The summed E-state index contributed by atoms with van der Waals surface area (Å²) in [5.41, 5.74) is 1.18. The molecule has 17 heavy (non-hydrogen) atoms. The van der Waals surface area contributed by atoms with Gasteiger partial charge < -0.3 is 15.5 Å². The zero-order valence-corrected chi connectivity index (χ0v) is 9.33. The highest BCUT2D eigenvalue weighted by atomic mass is 16.3. The lowest BCUT2D eigenvalue weighted by atomic mass is 10.1. The first-order chi connectivity index (χ1) is 8.18. The van der Waals surface area contributed by atoms with E-state index in [1.54, 1.807) is 18.5 Å². The lowest BCUT2D eigenvalue weighted by Gasteiger charge is -2.17. The second kappa shape index (κ2) is 4.69. The molecule has 88 valence electrons. The number of phenols is 2. The Kier molecular flexibility index (Phi) is 3.09. The second-order valence-electron chi connectivity index (χ2n) is 3.70. The molecule has 1 aromatic heterocycles. The minimum Gasteiger partial charge on any atom is -0.507 e. The molecule has 1 unspecified atom stereocenters. The van der Waals surface area contributed by atoms with E-state index in [-0.39, 0.29) is 17.5 Å². The van der Waals surface area contributed by atoms with Crippen molar-refractivity contribution in [2.45, 2.75) is 13.0 Å². The molecule has 0 aliphatic rings. The van der Waals surface area contributed by atoms with Gasteiger partial charge in [0, 0.05) is 0 Å². The van der Waals surface area contributed by atoms with Crippen LogP contribution in [0.25, 0.3) is 0 Å². The van der Waals surface area contributed by atoms with Crippen molar-refractivity contribution in [3.8, 4) is 11.5 Å². The minimum atomic E-state index is -0.248. The van der Waals surface area contributed by atoms with Gasteiger partial charge in [0.05, 0.1) is 29.7 Å². The zero-order valence-electron chi connectivity index (χ0n) is 9.33. The van der Waals surface area contributed by atoms with Crippen molar-refractivity contribution in [1.29, 1.82) is 0 Å². The van der Waals surface area contributed by atoms with E-state index in [0.717, 1.165) is 5.69 Å². The van der Waals surface area contributed by atoms with Crippen LogP contribution in [0.1, 0.15) is 18.5 Å². The van der Waals surface area contributed by atoms with Crippen molar-refractivity contribution in [2.75, 3.05) is 5.32 Å². The molecule has 0 spiro atoms. The summed E-state index contributed by atoms with van der Waals surface area (Å²) >= 11 is 0. The number of hydrogen-bond acceptors (Lipinski definition) is 5. The Morgan fingerprint density at radius 2 is 1.71 bits per heavy atom. The van der Waals surface area contributed by atoms with Gasteiger partial charge in [-0.05, 0) is 19.1 Å². The summed E-state index contributed by atoms with van der Waals surface area (Å²) in [6.45, 7) is 1.84. The fourth-order valence-electron chi connectivity index (χ4n) is 1.68. The molecule has 0 saturated heterocycles. The van der Waals surface area contributed by atoms with Gasteiger partial charge in [-0.25, -0.2) is 9.97 Å². The molecular formula is C12H13N3O2. The number of nitrogens with one attached hydrogen (secondary N) is 1. The average molecular weight is 231 g/mol. The summed E-state index contributed by atoms with van der Waals surface area (Å²) < 4.78 is 0. The maximum absolute atomic E-state index is 9.71. The van der Waals surface area contributed by atoms with Crippen LogP contribution >= 0.6 is 0 Å². The van der Waals surface area contributed by atoms with Gasteiger partial charge >= 0.3 is 0 Å². The predicted octanol–water partition coefficient (Wildman–Crippen LogP) is 2.06. The zero-order chi connectivity index (χ0) is 12.3. The largest absolute Gasteiger partial charge is 0.507 e. The molecule has 5 heteroatoms. The van der Waals surface area contributed by atoms with Crippen molar-refractivity contribution < 1.29 is 10.2 Å². The van der Waals surface area contributed by atoms with Gasteiger partial charge in [0.15, 0.2) is 0 Å². The first-order valence-corrected chi connectivity index (χ1v) is 5.21. The Morgan fingerprint density at radius 3 is 2.29 bits per heavy atom. The maximum atomic E-state index is 9.71. The lowest BCUT2D eigenvalue weighted by Crippen LogP contribution is -2.07. The van der Waals surface area contributed by atoms with Crippen LogP contribution in [0.3, 0.4) is 0 Å². The second-order valence-corrected chi connectivity index (χ2v) is 3.70. The van der Waals surface area contributed by atoms with Gasteiger partial charge in [-0.1, -0.05) is 6.07 Å². The number of anilines is 1. The van der Waals surface area contributed by atoms with Gasteiger partial charge in [0.25, 0.3) is 0 Å². The molecule has 0 aliphatic heterocycles. The maximum Gasteiger partial charge on any atom is 0.124 e. The fourth-order valence-corrected chi connectivity index (χ4v) is 1.68. The van der Waals surface area contributed by atoms with E-state index in [4.69, 9.17) is 0 Å².